The van der Waals surface area contributed by atoms with Gasteiger partial charge in [-0.05, 0) is 18.6 Å². The monoisotopic (exact) mass is 209 g/mol. The number of carbonyl (C=O) groups is 1. The van der Waals surface area contributed by atoms with Crippen molar-refractivity contribution >= 4 is 11.7 Å². The summed E-state index contributed by atoms with van der Waals surface area (Å²) >= 11 is 0. The van der Waals surface area contributed by atoms with Crippen molar-refractivity contribution in [1.29, 1.82) is 0 Å². The first-order valence-corrected chi connectivity index (χ1v) is 4.87. The molecule has 1 aromatic rings. The number of anilines is 1. The van der Waals surface area contributed by atoms with Gasteiger partial charge >= 0.3 is 5.97 Å². The molecule has 0 fully saturated rings. The molecule has 4 nitrogen and oxygen atoms in total. The Kier molecular flexibility index (Phi) is 4.63. The van der Waals surface area contributed by atoms with E-state index in [9.17, 15) is 9.90 Å². The zero-order valence-corrected chi connectivity index (χ0v) is 8.39. The van der Waals surface area contributed by atoms with E-state index >= 15 is 0 Å². The largest absolute Gasteiger partial charge is 0.481 e. The van der Waals surface area contributed by atoms with Crippen LogP contribution < -0.4 is 5.32 Å². The number of benzene rings is 1. The molecule has 0 aliphatic heterocycles. The van der Waals surface area contributed by atoms with Crippen LogP contribution in [-0.4, -0.2) is 28.8 Å². The highest BCUT2D eigenvalue weighted by molar-refractivity contribution is 5.66. The summed E-state index contributed by atoms with van der Waals surface area (Å²) in [7, 11) is 0. The summed E-state index contributed by atoms with van der Waals surface area (Å²) in [6.45, 7) is 0.372. The van der Waals surface area contributed by atoms with Gasteiger partial charge in [-0.1, -0.05) is 18.2 Å². The zero-order valence-electron chi connectivity index (χ0n) is 8.39. The Morgan fingerprint density at radius 3 is 2.60 bits per heavy atom. The Labute approximate surface area is 88.6 Å². The minimum absolute atomic E-state index is 0.00234. The van der Waals surface area contributed by atoms with Gasteiger partial charge in [0.1, 0.15) is 0 Å². The summed E-state index contributed by atoms with van der Waals surface area (Å²) in [6.07, 6.45) is -0.353. The van der Waals surface area contributed by atoms with Gasteiger partial charge in [0.05, 0.1) is 6.10 Å². The Hall–Kier alpha value is -1.55. The normalized spacial score (nSPS) is 12.1. The molecule has 0 aliphatic rings. The quantitative estimate of drug-likeness (QED) is 0.661. The number of aliphatic hydroxyl groups excluding tert-OH is 1. The molecular weight excluding hydrogens is 194 g/mol. The van der Waals surface area contributed by atoms with E-state index < -0.39 is 12.1 Å². The molecule has 15 heavy (non-hydrogen) atoms. The lowest BCUT2D eigenvalue weighted by molar-refractivity contribution is -0.137. The van der Waals surface area contributed by atoms with Crippen molar-refractivity contribution in [2.75, 3.05) is 11.9 Å². The van der Waals surface area contributed by atoms with E-state index in [-0.39, 0.29) is 12.8 Å². The average molecular weight is 209 g/mol. The van der Waals surface area contributed by atoms with Crippen LogP contribution >= 0.6 is 0 Å². The van der Waals surface area contributed by atoms with Crippen molar-refractivity contribution in [3.63, 3.8) is 0 Å². The van der Waals surface area contributed by atoms with Gasteiger partial charge < -0.3 is 15.5 Å². The van der Waals surface area contributed by atoms with Crippen LogP contribution in [0.2, 0.25) is 0 Å². The molecule has 1 atom stereocenters. The van der Waals surface area contributed by atoms with Crippen molar-refractivity contribution in [1.82, 2.24) is 0 Å². The highest BCUT2D eigenvalue weighted by Gasteiger charge is 2.06. The summed E-state index contributed by atoms with van der Waals surface area (Å²) in [6, 6.07) is 9.48. The van der Waals surface area contributed by atoms with Gasteiger partial charge in [0, 0.05) is 18.7 Å². The van der Waals surface area contributed by atoms with Crippen LogP contribution in [0.3, 0.4) is 0 Å². The summed E-state index contributed by atoms with van der Waals surface area (Å²) in [5, 5.41) is 20.9. The van der Waals surface area contributed by atoms with E-state index in [0.29, 0.717) is 6.54 Å². The molecule has 1 rings (SSSR count). The third-order valence-corrected chi connectivity index (χ3v) is 2.01. The highest BCUT2D eigenvalue weighted by Crippen LogP contribution is 2.06. The maximum Gasteiger partial charge on any atom is 0.303 e. The molecule has 0 saturated carbocycles. The fourth-order valence-corrected chi connectivity index (χ4v) is 1.18. The molecule has 0 amide bonds. The molecule has 3 N–H and O–H groups in total. The second-order valence-electron chi connectivity index (χ2n) is 3.33. The maximum absolute atomic E-state index is 10.2. The Morgan fingerprint density at radius 2 is 2.00 bits per heavy atom. The molecule has 1 unspecified atom stereocenters. The Bertz CT molecular complexity index is 300. The molecule has 0 aromatic heterocycles. The number of para-hydroxylation sites is 1. The first-order valence-electron chi connectivity index (χ1n) is 4.87. The predicted molar refractivity (Wildman–Crippen MR) is 57.8 cm³/mol. The molecule has 82 valence electrons. The Balaban J connectivity index is 2.22. The second kappa shape index (κ2) is 6.03. The number of nitrogens with one attached hydrogen (secondary N) is 1. The number of rotatable bonds is 6. The molecule has 1 aromatic carbocycles. The van der Waals surface area contributed by atoms with Gasteiger partial charge in [0.15, 0.2) is 0 Å². The third-order valence-electron chi connectivity index (χ3n) is 2.01. The van der Waals surface area contributed by atoms with E-state index in [1.54, 1.807) is 0 Å². The highest BCUT2D eigenvalue weighted by atomic mass is 16.4. The first-order chi connectivity index (χ1) is 7.18. The summed E-state index contributed by atoms with van der Waals surface area (Å²) in [5.74, 6) is -0.881. The van der Waals surface area contributed by atoms with Crippen LogP contribution in [0.4, 0.5) is 5.69 Å². The second-order valence-corrected chi connectivity index (χ2v) is 3.33. The van der Waals surface area contributed by atoms with Crippen LogP contribution in [0, 0.1) is 0 Å². The van der Waals surface area contributed by atoms with Gasteiger partial charge in [-0.2, -0.15) is 0 Å². The van der Waals surface area contributed by atoms with Gasteiger partial charge in [-0.25, -0.2) is 0 Å². The van der Waals surface area contributed by atoms with E-state index in [1.165, 1.54) is 0 Å². The SMILES string of the molecule is O=C(O)CCC(O)CNc1ccccc1. The number of hydrogen-bond acceptors (Lipinski definition) is 3. The maximum atomic E-state index is 10.2. The fraction of sp³-hybridized carbons (Fsp3) is 0.364. The predicted octanol–water partition coefficient (Wildman–Crippen LogP) is 1.32. The molecule has 0 aliphatic carbocycles. The summed E-state index contributed by atoms with van der Waals surface area (Å²) < 4.78 is 0. The standard InChI is InChI=1S/C11H15NO3/c13-10(6-7-11(14)15)8-12-9-4-2-1-3-5-9/h1-5,10,12-13H,6-8H2,(H,14,15). The van der Waals surface area contributed by atoms with Gasteiger partial charge in [-0.3, -0.25) is 4.79 Å². The van der Waals surface area contributed by atoms with Gasteiger partial charge in [0.25, 0.3) is 0 Å². The number of aliphatic carboxylic acids is 1. The number of aliphatic hydroxyl groups is 1. The lowest BCUT2D eigenvalue weighted by Gasteiger charge is -2.11. The van der Waals surface area contributed by atoms with E-state index in [0.717, 1.165) is 5.69 Å². The molecular formula is C11H15NO3. The number of carboxylic acid groups (broad SMARTS) is 1. The molecule has 4 heteroatoms. The van der Waals surface area contributed by atoms with Crippen LogP contribution in [-0.2, 0) is 4.79 Å². The van der Waals surface area contributed by atoms with Crippen molar-refractivity contribution < 1.29 is 15.0 Å². The smallest absolute Gasteiger partial charge is 0.303 e. The minimum Gasteiger partial charge on any atom is -0.481 e. The van der Waals surface area contributed by atoms with E-state index in [2.05, 4.69) is 5.32 Å². The van der Waals surface area contributed by atoms with E-state index in [1.807, 2.05) is 30.3 Å². The Morgan fingerprint density at radius 1 is 1.33 bits per heavy atom. The topological polar surface area (TPSA) is 69.6 Å². The van der Waals surface area contributed by atoms with Crippen molar-refractivity contribution in [3.05, 3.63) is 30.3 Å². The van der Waals surface area contributed by atoms with Crippen molar-refractivity contribution in [3.8, 4) is 0 Å². The van der Waals surface area contributed by atoms with Crippen LogP contribution in [0.25, 0.3) is 0 Å². The van der Waals surface area contributed by atoms with E-state index in [4.69, 9.17) is 5.11 Å². The number of carboxylic acids is 1. The molecule has 0 radical (unpaired) electrons. The molecule has 0 bridgehead atoms. The fourth-order valence-electron chi connectivity index (χ4n) is 1.18. The van der Waals surface area contributed by atoms with Crippen LogP contribution in [0.5, 0.6) is 0 Å². The first kappa shape index (κ1) is 11.5. The minimum atomic E-state index is -0.881. The van der Waals surface area contributed by atoms with Crippen LogP contribution in [0.1, 0.15) is 12.8 Å². The molecule has 0 heterocycles. The number of hydrogen-bond donors (Lipinski definition) is 3. The van der Waals surface area contributed by atoms with Gasteiger partial charge in [0.2, 0.25) is 0 Å². The van der Waals surface area contributed by atoms with Gasteiger partial charge in [-0.15, -0.1) is 0 Å². The lowest BCUT2D eigenvalue weighted by Crippen LogP contribution is -2.20. The van der Waals surface area contributed by atoms with Crippen molar-refractivity contribution in [2.24, 2.45) is 0 Å². The summed E-state index contributed by atoms with van der Waals surface area (Å²) in [5.41, 5.74) is 0.923. The zero-order chi connectivity index (χ0) is 11.1. The van der Waals surface area contributed by atoms with Crippen molar-refractivity contribution in [2.45, 2.75) is 18.9 Å². The molecule has 0 saturated heterocycles. The average Bonchev–Trinajstić information content (AvgIpc) is 2.25. The molecule has 0 spiro atoms. The third kappa shape index (κ3) is 5.02. The lowest BCUT2D eigenvalue weighted by atomic mass is 10.2. The van der Waals surface area contributed by atoms with Crippen LogP contribution in [0.15, 0.2) is 30.3 Å². The summed E-state index contributed by atoms with van der Waals surface area (Å²) in [4.78, 5) is 10.2.